The highest BCUT2D eigenvalue weighted by Gasteiger charge is 2.36. The molecule has 110 valence electrons. The molecule has 1 aliphatic heterocycles. The van der Waals surface area contributed by atoms with Crippen molar-refractivity contribution in [2.45, 2.75) is 30.8 Å². The van der Waals surface area contributed by atoms with Crippen LogP contribution in [0.2, 0.25) is 0 Å². The number of ether oxygens (including phenoxy) is 1. The first-order valence-corrected chi connectivity index (χ1v) is 7.74. The topological polar surface area (TPSA) is 89.7 Å². The molecule has 0 fully saturated rings. The molecule has 2 N–H and O–H groups in total. The summed E-state index contributed by atoms with van der Waals surface area (Å²) in [4.78, 5) is 14.1. The number of primary sulfonamides is 1. The second-order valence-corrected chi connectivity index (χ2v) is 6.82. The maximum atomic E-state index is 12.4. The lowest BCUT2D eigenvalue weighted by atomic mass is 10.1. The van der Waals surface area contributed by atoms with Crippen LogP contribution in [-0.4, -0.2) is 33.6 Å². The number of nitrogens with zero attached hydrogens (tertiary/aromatic N) is 1. The quantitative estimate of drug-likeness (QED) is 0.887. The maximum absolute atomic E-state index is 12.4. The summed E-state index contributed by atoms with van der Waals surface area (Å²) in [5, 5.41) is 5.11. The summed E-state index contributed by atoms with van der Waals surface area (Å²) < 4.78 is 27.9. The van der Waals surface area contributed by atoms with Gasteiger partial charge in [0.2, 0.25) is 10.0 Å². The lowest BCUT2D eigenvalue weighted by Crippen LogP contribution is -2.45. The van der Waals surface area contributed by atoms with E-state index in [-0.39, 0.29) is 10.8 Å². The number of nitrogens with two attached hydrogens (primary N) is 1. The van der Waals surface area contributed by atoms with Gasteiger partial charge in [-0.3, -0.25) is 4.79 Å². The normalized spacial score (nSPS) is 15.3. The van der Waals surface area contributed by atoms with E-state index < -0.39 is 15.6 Å². The average Bonchev–Trinajstić information content (AvgIpc) is 2.79. The molecule has 1 aliphatic rings. The van der Waals surface area contributed by atoms with Crippen molar-refractivity contribution < 1.29 is 17.9 Å². The molecule has 1 amide bonds. The zero-order valence-electron chi connectivity index (χ0n) is 11.7. The Morgan fingerprint density at radius 3 is 2.60 bits per heavy atom. The number of carbonyl (C=O) groups is 1. The minimum atomic E-state index is -3.72. The van der Waals surface area contributed by atoms with Crippen LogP contribution in [0.4, 0.5) is 5.69 Å². The van der Waals surface area contributed by atoms with Gasteiger partial charge in [0, 0.05) is 19.3 Å². The fourth-order valence-electron chi connectivity index (χ4n) is 2.18. The van der Waals surface area contributed by atoms with E-state index in [9.17, 15) is 13.2 Å². The van der Waals surface area contributed by atoms with Crippen LogP contribution in [0.15, 0.2) is 23.1 Å². The van der Waals surface area contributed by atoms with Crippen molar-refractivity contribution in [3.63, 3.8) is 0 Å². The van der Waals surface area contributed by atoms with Gasteiger partial charge in [-0.2, -0.15) is 0 Å². The first-order chi connectivity index (χ1) is 9.16. The number of methoxy groups -OCH3 is 1. The Labute approximate surface area is 118 Å². The Hall–Kier alpha value is -1.44. The summed E-state index contributed by atoms with van der Waals surface area (Å²) in [5.41, 5.74) is 0.601. The fraction of sp³-hybridized carbons (Fsp3) is 0.462. The predicted octanol–water partition coefficient (Wildman–Crippen LogP) is 0.648. The molecule has 20 heavy (non-hydrogen) atoms. The standard InChI is InChI=1S/C13H18N2O4S/c1-13(2,19-3)12(16)15-7-6-9-8-10(20(14,17)18)4-5-11(9)15/h4-5,8H,6-7H2,1-3H3,(H2,14,17,18). The monoisotopic (exact) mass is 298 g/mol. The van der Waals surface area contributed by atoms with E-state index in [1.807, 2.05) is 0 Å². The van der Waals surface area contributed by atoms with Gasteiger partial charge in [-0.1, -0.05) is 0 Å². The third-order valence-corrected chi connectivity index (χ3v) is 4.46. The summed E-state index contributed by atoms with van der Waals surface area (Å²) >= 11 is 0. The van der Waals surface area contributed by atoms with Crippen LogP contribution in [0, 0.1) is 0 Å². The summed E-state index contributed by atoms with van der Waals surface area (Å²) in [5.74, 6) is -0.151. The Balaban J connectivity index is 2.38. The molecule has 1 heterocycles. The molecule has 0 atom stereocenters. The number of hydrogen-bond acceptors (Lipinski definition) is 4. The maximum Gasteiger partial charge on any atom is 0.258 e. The highest BCUT2D eigenvalue weighted by atomic mass is 32.2. The molecule has 0 saturated carbocycles. The number of rotatable bonds is 3. The van der Waals surface area contributed by atoms with Gasteiger partial charge < -0.3 is 9.64 Å². The number of carbonyl (C=O) groups excluding carboxylic acids is 1. The smallest absolute Gasteiger partial charge is 0.258 e. The molecule has 1 aromatic rings. The molecule has 2 rings (SSSR count). The lowest BCUT2D eigenvalue weighted by molar-refractivity contribution is -0.136. The van der Waals surface area contributed by atoms with E-state index in [1.54, 1.807) is 24.8 Å². The zero-order chi connectivity index (χ0) is 15.1. The fourth-order valence-corrected chi connectivity index (χ4v) is 2.74. The number of fused-ring (bicyclic) bond motifs is 1. The van der Waals surface area contributed by atoms with Crippen molar-refractivity contribution in [1.82, 2.24) is 0 Å². The van der Waals surface area contributed by atoms with Crippen LogP contribution in [-0.2, 0) is 26.0 Å². The van der Waals surface area contributed by atoms with Gasteiger partial charge in [0.25, 0.3) is 5.91 Å². The molecular formula is C13H18N2O4S. The van der Waals surface area contributed by atoms with Crippen molar-refractivity contribution in [3.05, 3.63) is 23.8 Å². The van der Waals surface area contributed by atoms with E-state index in [4.69, 9.17) is 9.88 Å². The van der Waals surface area contributed by atoms with Gasteiger partial charge in [0.05, 0.1) is 4.90 Å². The van der Waals surface area contributed by atoms with Gasteiger partial charge >= 0.3 is 0 Å². The summed E-state index contributed by atoms with van der Waals surface area (Å²) in [7, 11) is -2.24. The third kappa shape index (κ3) is 2.56. The first-order valence-electron chi connectivity index (χ1n) is 6.19. The van der Waals surface area contributed by atoms with E-state index in [2.05, 4.69) is 0 Å². The van der Waals surface area contributed by atoms with Crippen LogP contribution in [0.1, 0.15) is 19.4 Å². The van der Waals surface area contributed by atoms with Crippen LogP contribution < -0.4 is 10.0 Å². The van der Waals surface area contributed by atoms with E-state index in [1.165, 1.54) is 19.2 Å². The van der Waals surface area contributed by atoms with Crippen LogP contribution in [0.25, 0.3) is 0 Å². The second-order valence-electron chi connectivity index (χ2n) is 5.26. The third-order valence-electron chi connectivity index (χ3n) is 3.55. The van der Waals surface area contributed by atoms with E-state index >= 15 is 0 Å². The molecule has 1 aromatic carbocycles. The van der Waals surface area contributed by atoms with Crippen LogP contribution >= 0.6 is 0 Å². The SMILES string of the molecule is COC(C)(C)C(=O)N1CCc2cc(S(N)(=O)=O)ccc21. The minimum absolute atomic E-state index is 0.0663. The molecule has 0 saturated heterocycles. The molecule has 7 heteroatoms. The number of amides is 1. The molecular weight excluding hydrogens is 280 g/mol. The van der Waals surface area contributed by atoms with Gasteiger partial charge in [-0.25, -0.2) is 13.6 Å². The minimum Gasteiger partial charge on any atom is -0.369 e. The zero-order valence-corrected chi connectivity index (χ0v) is 12.5. The van der Waals surface area contributed by atoms with Crippen molar-refractivity contribution >= 4 is 21.6 Å². The summed E-state index contributed by atoms with van der Waals surface area (Å²) in [6, 6.07) is 4.56. The average molecular weight is 298 g/mol. The Morgan fingerprint density at radius 2 is 2.05 bits per heavy atom. The predicted molar refractivity (Wildman–Crippen MR) is 75.0 cm³/mol. The van der Waals surface area contributed by atoms with Gasteiger partial charge in [0.1, 0.15) is 5.60 Å². The lowest BCUT2D eigenvalue weighted by Gasteiger charge is -2.28. The van der Waals surface area contributed by atoms with E-state index in [0.717, 1.165) is 5.56 Å². The molecule has 0 bridgehead atoms. The molecule has 0 radical (unpaired) electrons. The number of hydrogen-bond donors (Lipinski definition) is 1. The van der Waals surface area contributed by atoms with Crippen molar-refractivity contribution in [2.75, 3.05) is 18.6 Å². The second kappa shape index (κ2) is 4.83. The largest absolute Gasteiger partial charge is 0.369 e. The molecule has 0 aromatic heterocycles. The number of sulfonamides is 1. The highest BCUT2D eigenvalue weighted by molar-refractivity contribution is 7.89. The Kier molecular flexibility index (Phi) is 3.62. The van der Waals surface area contributed by atoms with Crippen molar-refractivity contribution in [2.24, 2.45) is 5.14 Å². The number of anilines is 1. The van der Waals surface area contributed by atoms with E-state index in [0.29, 0.717) is 18.7 Å². The van der Waals surface area contributed by atoms with Crippen LogP contribution in [0.5, 0.6) is 0 Å². The van der Waals surface area contributed by atoms with Crippen LogP contribution in [0.3, 0.4) is 0 Å². The van der Waals surface area contributed by atoms with Gasteiger partial charge in [-0.15, -0.1) is 0 Å². The molecule has 0 unspecified atom stereocenters. The molecule has 0 spiro atoms. The van der Waals surface area contributed by atoms with Gasteiger partial charge in [0.15, 0.2) is 0 Å². The highest BCUT2D eigenvalue weighted by Crippen LogP contribution is 2.32. The van der Waals surface area contributed by atoms with Gasteiger partial charge in [-0.05, 0) is 44.0 Å². The number of benzene rings is 1. The van der Waals surface area contributed by atoms with Crippen molar-refractivity contribution in [1.29, 1.82) is 0 Å². The first kappa shape index (κ1) is 15.0. The molecule has 0 aliphatic carbocycles. The Bertz CT molecular complexity index is 652. The Morgan fingerprint density at radius 1 is 1.40 bits per heavy atom. The molecule has 6 nitrogen and oxygen atoms in total. The summed E-state index contributed by atoms with van der Waals surface area (Å²) in [6.45, 7) is 3.91. The summed E-state index contributed by atoms with van der Waals surface area (Å²) in [6.07, 6.45) is 0.601. The van der Waals surface area contributed by atoms with Crippen molar-refractivity contribution in [3.8, 4) is 0 Å².